The third-order valence-corrected chi connectivity index (χ3v) is 6.23. The summed E-state index contributed by atoms with van der Waals surface area (Å²) < 4.78 is 44.6. The zero-order valence-electron chi connectivity index (χ0n) is 19.7. The monoisotopic (exact) mass is 517 g/mol. The Morgan fingerprint density at radius 3 is 2.14 bits per heavy atom. The molecule has 190 valence electrons. The van der Waals surface area contributed by atoms with E-state index in [9.17, 15) is 22.8 Å². The predicted octanol–water partition coefficient (Wildman–Crippen LogP) is 6.97. The Hall–Kier alpha value is -3.59. The van der Waals surface area contributed by atoms with E-state index >= 15 is 0 Å². The molecular weight excluding hydrogens is 491 g/mol. The second kappa shape index (κ2) is 11.9. The third kappa shape index (κ3) is 7.71. The lowest BCUT2D eigenvalue weighted by Crippen LogP contribution is -2.25. The van der Waals surface area contributed by atoms with Crippen LogP contribution in [-0.2, 0) is 11.0 Å². The number of alkyl halides is 3. The van der Waals surface area contributed by atoms with Crippen molar-refractivity contribution in [1.82, 2.24) is 5.32 Å². The van der Waals surface area contributed by atoms with Crippen LogP contribution in [0.25, 0.3) is 11.1 Å². The number of thiophene rings is 1. The van der Waals surface area contributed by atoms with E-state index in [0.29, 0.717) is 16.2 Å². The van der Waals surface area contributed by atoms with E-state index in [1.54, 1.807) is 36.4 Å². The van der Waals surface area contributed by atoms with Gasteiger partial charge in [0.2, 0.25) is 0 Å². The van der Waals surface area contributed by atoms with Gasteiger partial charge in [-0.15, -0.1) is 11.3 Å². The van der Waals surface area contributed by atoms with Gasteiger partial charge in [-0.3, -0.25) is 9.59 Å². The first kappa shape index (κ1) is 27.0. The van der Waals surface area contributed by atoms with E-state index in [2.05, 4.69) is 5.32 Å². The predicted molar refractivity (Wildman–Crippen MR) is 133 cm³/mol. The van der Waals surface area contributed by atoms with Gasteiger partial charge >= 0.3 is 12.1 Å². The minimum absolute atomic E-state index is 0.0415. The molecule has 0 radical (unpaired) electrons. The number of aliphatic carboxylic acids is 1. The highest BCUT2D eigenvalue weighted by atomic mass is 32.1. The summed E-state index contributed by atoms with van der Waals surface area (Å²) in [4.78, 5) is 24.2. The maximum atomic E-state index is 12.8. The fourth-order valence-electron chi connectivity index (χ4n) is 3.24. The summed E-state index contributed by atoms with van der Waals surface area (Å²) in [5, 5.41) is 11.3. The van der Waals surface area contributed by atoms with Crippen LogP contribution in [0.3, 0.4) is 0 Å². The highest BCUT2D eigenvalue weighted by molar-refractivity contribution is 7.14. The van der Waals surface area contributed by atoms with Gasteiger partial charge in [0.05, 0.1) is 16.9 Å². The van der Waals surface area contributed by atoms with E-state index < -0.39 is 23.8 Å². The molecular formula is C27H26F3NO4S. The minimum atomic E-state index is -4.38. The van der Waals surface area contributed by atoms with Gasteiger partial charge in [0.1, 0.15) is 5.75 Å². The van der Waals surface area contributed by atoms with Crippen LogP contribution in [0.15, 0.2) is 72.8 Å². The number of amides is 1. The smallest absolute Gasteiger partial charge is 0.416 e. The Labute approximate surface area is 211 Å². The van der Waals surface area contributed by atoms with Gasteiger partial charge in [0, 0.05) is 11.4 Å². The van der Waals surface area contributed by atoms with Crippen LogP contribution in [0.5, 0.6) is 5.75 Å². The number of halogens is 3. The van der Waals surface area contributed by atoms with E-state index in [-0.39, 0.29) is 24.8 Å². The van der Waals surface area contributed by atoms with Crippen LogP contribution in [0, 0.1) is 5.92 Å². The number of hydrogen-bond donors (Lipinski definition) is 2. The van der Waals surface area contributed by atoms with Crippen molar-refractivity contribution in [1.29, 1.82) is 0 Å². The number of hydrogen-bond acceptors (Lipinski definition) is 4. The molecule has 0 saturated heterocycles. The highest BCUT2D eigenvalue weighted by Crippen LogP contribution is 2.33. The molecule has 3 rings (SSSR count). The van der Waals surface area contributed by atoms with Gasteiger partial charge in [-0.2, -0.15) is 13.2 Å². The number of carbonyl (C=O) groups excluding carboxylic acids is 1. The Morgan fingerprint density at radius 2 is 1.58 bits per heavy atom. The number of carboxylic acids is 1. The fourth-order valence-corrected chi connectivity index (χ4v) is 4.17. The Kier molecular flexibility index (Phi) is 8.93. The van der Waals surface area contributed by atoms with Crippen molar-refractivity contribution in [3.8, 4) is 16.9 Å². The summed E-state index contributed by atoms with van der Waals surface area (Å²) in [6, 6.07) is 15.5. The summed E-state index contributed by atoms with van der Waals surface area (Å²) in [7, 11) is 0. The Balaban J connectivity index is 1.74. The van der Waals surface area contributed by atoms with Crippen LogP contribution in [0.4, 0.5) is 13.2 Å². The summed E-state index contributed by atoms with van der Waals surface area (Å²) >= 11 is 1.25. The van der Waals surface area contributed by atoms with Crippen LogP contribution >= 0.6 is 11.3 Å². The molecule has 9 heteroatoms. The lowest BCUT2D eigenvalue weighted by molar-refractivity contribution is -0.138. The number of allylic oxidation sites excluding steroid dienone is 1. The number of nitrogens with one attached hydrogen (secondary N) is 1. The standard InChI is InChI=1S/C27H26F3NO4S/c1-17(2)3-12-22(23-13-14-24(36-23)26(34)31-16-15-25(32)33)35-21-10-6-19(7-11-21)18-4-8-20(9-5-18)27(28,29)30/h3-14,17,22H,15-16H2,1-2H3,(H,31,34)(H,32,33)/b12-3+. The van der Waals surface area contributed by atoms with Gasteiger partial charge in [-0.25, -0.2) is 0 Å². The van der Waals surface area contributed by atoms with E-state index in [1.807, 2.05) is 26.0 Å². The van der Waals surface area contributed by atoms with Crippen molar-refractivity contribution in [3.05, 3.63) is 88.1 Å². The highest BCUT2D eigenvalue weighted by Gasteiger charge is 2.30. The normalized spacial score (nSPS) is 12.6. The van der Waals surface area contributed by atoms with Crippen molar-refractivity contribution in [2.75, 3.05) is 6.54 Å². The SMILES string of the molecule is CC(C)/C=C/C(Oc1ccc(-c2ccc(C(F)(F)F)cc2)cc1)c1ccc(C(=O)NCCC(=O)O)s1. The molecule has 0 saturated carbocycles. The maximum Gasteiger partial charge on any atom is 0.416 e. The molecule has 0 aliphatic carbocycles. The van der Waals surface area contributed by atoms with Gasteiger partial charge in [-0.1, -0.05) is 44.2 Å². The number of carboxylic acid groups (broad SMARTS) is 1. The molecule has 3 aromatic rings. The molecule has 36 heavy (non-hydrogen) atoms. The summed E-state index contributed by atoms with van der Waals surface area (Å²) in [6.45, 7) is 4.10. The van der Waals surface area contributed by atoms with Crippen molar-refractivity contribution in [3.63, 3.8) is 0 Å². The number of carbonyl (C=O) groups is 2. The molecule has 2 aromatic carbocycles. The molecule has 0 spiro atoms. The first-order valence-electron chi connectivity index (χ1n) is 11.3. The van der Waals surface area contributed by atoms with Crippen molar-refractivity contribution < 1.29 is 32.6 Å². The molecule has 0 aliphatic rings. The van der Waals surface area contributed by atoms with E-state index in [4.69, 9.17) is 9.84 Å². The van der Waals surface area contributed by atoms with Crippen LogP contribution in [-0.4, -0.2) is 23.5 Å². The van der Waals surface area contributed by atoms with Gasteiger partial charge in [0.15, 0.2) is 6.10 Å². The molecule has 0 bridgehead atoms. The van der Waals surface area contributed by atoms with Crippen LogP contribution in [0.2, 0.25) is 0 Å². The van der Waals surface area contributed by atoms with Crippen molar-refractivity contribution >= 4 is 23.2 Å². The van der Waals surface area contributed by atoms with Crippen molar-refractivity contribution in [2.45, 2.75) is 32.5 Å². The lowest BCUT2D eigenvalue weighted by atomic mass is 10.0. The minimum Gasteiger partial charge on any atom is -0.481 e. The largest absolute Gasteiger partial charge is 0.481 e. The second-order valence-electron chi connectivity index (χ2n) is 8.37. The first-order valence-corrected chi connectivity index (χ1v) is 12.1. The molecule has 5 nitrogen and oxygen atoms in total. The molecule has 1 amide bonds. The number of benzene rings is 2. The first-order chi connectivity index (χ1) is 17.0. The van der Waals surface area contributed by atoms with Gasteiger partial charge < -0.3 is 15.2 Å². The molecule has 0 aliphatic heterocycles. The quantitative estimate of drug-likeness (QED) is 0.285. The van der Waals surface area contributed by atoms with Crippen molar-refractivity contribution in [2.24, 2.45) is 5.92 Å². The van der Waals surface area contributed by atoms with Gasteiger partial charge in [0.25, 0.3) is 5.91 Å². The summed E-state index contributed by atoms with van der Waals surface area (Å²) in [6.07, 6.45) is -1.10. The van der Waals surface area contributed by atoms with Gasteiger partial charge in [-0.05, 0) is 59.5 Å². The third-order valence-electron chi connectivity index (χ3n) is 5.09. The fraction of sp³-hybridized carbons (Fsp3) is 0.259. The molecule has 1 atom stereocenters. The zero-order chi connectivity index (χ0) is 26.3. The number of ether oxygens (including phenoxy) is 1. The second-order valence-corrected chi connectivity index (χ2v) is 9.48. The molecule has 1 heterocycles. The summed E-state index contributed by atoms with van der Waals surface area (Å²) in [5.41, 5.74) is 0.710. The lowest BCUT2D eigenvalue weighted by Gasteiger charge is -2.16. The Morgan fingerprint density at radius 1 is 0.972 bits per heavy atom. The van der Waals surface area contributed by atoms with E-state index in [1.165, 1.54) is 23.5 Å². The average Bonchev–Trinajstić information content (AvgIpc) is 3.32. The molecule has 0 fully saturated rings. The molecule has 1 unspecified atom stereocenters. The van der Waals surface area contributed by atoms with E-state index in [0.717, 1.165) is 22.6 Å². The topological polar surface area (TPSA) is 75.6 Å². The number of rotatable bonds is 10. The van der Waals surface area contributed by atoms with Crippen LogP contribution in [0.1, 0.15) is 46.5 Å². The average molecular weight is 518 g/mol. The Bertz CT molecular complexity index is 1200. The molecule has 1 aromatic heterocycles. The molecule has 2 N–H and O–H groups in total. The summed E-state index contributed by atoms with van der Waals surface area (Å²) in [5.74, 6) is -0.499. The zero-order valence-corrected chi connectivity index (χ0v) is 20.5. The maximum absolute atomic E-state index is 12.8. The van der Waals surface area contributed by atoms with Crippen LogP contribution < -0.4 is 10.1 Å².